The van der Waals surface area contributed by atoms with Gasteiger partial charge in [-0.15, -0.1) is 0 Å². The van der Waals surface area contributed by atoms with E-state index in [1.54, 1.807) is 24.5 Å². The van der Waals surface area contributed by atoms with Crippen molar-refractivity contribution in [1.82, 2.24) is 9.55 Å². The second kappa shape index (κ2) is 7.07. The van der Waals surface area contributed by atoms with Crippen LogP contribution in [0.15, 0.2) is 23.0 Å². The third-order valence-corrected chi connectivity index (χ3v) is 7.63. The zero-order valence-electron chi connectivity index (χ0n) is 19.0. The summed E-state index contributed by atoms with van der Waals surface area (Å²) in [6, 6.07) is 3.13. The number of carbonyl (C=O) groups is 1. The number of carbonyl (C=O) groups excluding carboxylic acids is 1. The van der Waals surface area contributed by atoms with Crippen LogP contribution in [0, 0.1) is 12.7 Å². The normalized spacial score (nSPS) is 21.4. The Balaban J connectivity index is 1.71. The summed E-state index contributed by atoms with van der Waals surface area (Å²) in [4.78, 5) is 30.7. The van der Waals surface area contributed by atoms with Crippen LogP contribution in [0.4, 0.5) is 4.39 Å². The second-order valence-electron chi connectivity index (χ2n) is 9.24. The fourth-order valence-electron chi connectivity index (χ4n) is 5.79. The summed E-state index contributed by atoms with van der Waals surface area (Å²) in [5, 5.41) is 12.0. The van der Waals surface area contributed by atoms with E-state index in [1.807, 2.05) is 6.08 Å². The van der Waals surface area contributed by atoms with Gasteiger partial charge in [0.2, 0.25) is 0 Å². The molecular weight excluding hydrogens is 437 g/mol. The van der Waals surface area contributed by atoms with Crippen LogP contribution < -0.4 is 11.3 Å². The Morgan fingerprint density at radius 2 is 2.06 bits per heavy atom. The molecule has 0 bridgehead atoms. The molecule has 34 heavy (non-hydrogen) atoms. The van der Waals surface area contributed by atoms with Gasteiger partial charge in [-0.25, -0.2) is 14.2 Å². The third-order valence-electron chi connectivity index (χ3n) is 7.63. The van der Waals surface area contributed by atoms with Crippen molar-refractivity contribution in [2.75, 3.05) is 6.54 Å². The van der Waals surface area contributed by atoms with Gasteiger partial charge in [-0.3, -0.25) is 4.79 Å². The number of pyridine rings is 2. The smallest absolute Gasteiger partial charge is 0.343 e. The molecule has 0 saturated heterocycles. The molecule has 2 aliphatic heterocycles. The molecule has 3 aliphatic rings. The number of benzene rings is 1. The van der Waals surface area contributed by atoms with E-state index in [4.69, 9.17) is 15.5 Å². The number of fused-ring (bicyclic) bond motifs is 5. The van der Waals surface area contributed by atoms with Gasteiger partial charge in [0.05, 0.1) is 29.0 Å². The predicted molar refractivity (Wildman–Crippen MR) is 125 cm³/mol. The van der Waals surface area contributed by atoms with Crippen LogP contribution in [0.25, 0.3) is 27.9 Å². The van der Waals surface area contributed by atoms with Gasteiger partial charge in [0, 0.05) is 29.1 Å². The maximum Gasteiger partial charge on any atom is 0.343 e. The molecule has 0 fully saturated rings. The fraction of sp³-hybridized carbons (Fsp3) is 0.346. The number of cyclic esters (lactones) is 1. The fourth-order valence-corrected chi connectivity index (χ4v) is 5.79. The van der Waals surface area contributed by atoms with Crippen molar-refractivity contribution in [2.45, 2.75) is 51.9 Å². The Hall–Kier alpha value is -3.36. The summed E-state index contributed by atoms with van der Waals surface area (Å²) >= 11 is 0. The molecule has 174 valence electrons. The monoisotopic (exact) mass is 461 g/mol. The van der Waals surface area contributed by atoms with Crippen molar-refractivity contribution in [3.05, 3.63) is 67.8 Å². The summed E-state index contributed by atoms with van der Waals surface area (Å²) in [6.45, 7) is 3.94. The van der Waals surface area contributed by atoms with E-state index in [1.165, 1.54) is 6.07 Å². The number of nitrogens with zero attached hydrogens (tertiary/aromatic N) is 2. The average Bonchev–Trinajstić information content (AvgIpc) is 3.19. The highest BCUT2D eigenvalue weighted by Crippen LogP contribution is 2.46. The predicted octanol–water partition coefficient (Wildman–Crippen LogP) is 2.82. The summed E-state index contributed by atoms with van der Waals surface area (Å²) < 4.78 is 21.6. The number of aryl methyl sites for hydroxylation is 1. The molecule has 7 nitrogen and oxygen atoms in total. The van der Waals surface area contributed by atoms with Crippen molar-refractivity contribution in [3.63, 3.8) is 0 Å². The molecule has 0 unspecified atom stereocenters. The molecule has 0 spiro atoms. The summed E-state index contributed by atoms with van der Waals surface area (Å²) in [5.41, 5.74) is 10.3. The number of esters is 1. The lowest BCUT2D eigenvalue weighted by Crippen LogP contribution is -2.44. The van der Waals surface area contributed by atoms with Crippen molar-refractivity contribution in [3.8, 4) is 11.4 Å². The molecule has 1 aromatic carbocycles. The number of nitrogens with two attached hydrogens (primary N) is 1. The number of hydrogen-bond donors (Lipinski definition) is 2. The SMILES string of the molecule is CC[C@@]1(O)C(=O)OCc2c1cc1n(c2=O)Cc2c-1nc1cc(F)c(C)c3c1c2/C(=C/CN)CC3. The van der Waals surface area contributed by atoms with Gasteiger partial charge in [-0.05, 0) is 54.5 Å². The highest BCUT2D eigenvalue weighted by Gasteiger charge is 2.45. The Morgan fingerprint density at radius 3 is 2.79 bits per heavy atom. The first-order chi connectivity index (χ1) is 16.3. The Bertz CT molecular complexity index is 1540. The van der Waals surface area contributed by atoms with E-state index in [0.29, 0.717) is 42.0 Å². The lowest BCUT2D eigenvalue weighted by molar-refractivity contribution is -0.172. The summed E-state index contributed by atoms with van der Waals surface area (Å²) in [7, 11) is 0. The van der Waals surface area contributed by atoms with Crippen LogP contribution in [-0.4, -0.2) is 27.2 Å². The lowest BCUT2D eigenvalue weighted by Gasteiger charge is -2.31. The molecule has 1 atom stereocenters. The van der Waals surface area contributed by atoms with Crippen molar-refractivity contribution >= 4 is 22.4 Å². The first-order valence-corrected chi connectivity index (χ1v) is 11.5. The number of halogens is 1. The van der Waals surface area contributed by atoms with Gasteiger partial charge in [0.25, 0.3) is 5.56 Å². The Kier molecular flexibility index (Phi) is 4.41. The molecule has 0 amide bonds. The number of rotatable bonds is 2. The van der Waals surface area contributed by atoms with Gasteiger partial charge in [-0.1, -0.05) is 13.0 Å². The second-order valence-corrected chi connectivity index (χ2v) is 9.24. The molecule has 0 radical (unpaired) electrons. The van der Waals surface area contributed by atoms with Crippen LogP contribution in [-0.2, 0) is 34.7 Å². The minimum absolute atomic E-state index is 0.0716. The quantitative estimate of drug-likeness (QED) is 0.445. The van der Waals surface area contributed by atoms with Gasteiger partial charge < -0.3 is 20.1 Å². The van der Waals surface area contributed by atoms with Crippen LogP contribution in [0.5, 0.6) is 0 Å². The van der Waals surface area contributed by atoms with Gasteiger partial charge in [0.1, 0.15) is 12.4 Å². The summed E-state index contributed by atoms with van der Waals surface area (Å²) in [6.07, 6.45) is 3.47. The number of hydrogen-bond acceptors (Lipinski definition) is 6. The van der Waals surface area contributed by atoms with E-state index >= 15 is 0 Å². The van der Waals surface area contributed by atoms with Gasteiger partial charge >= 0.3 is 5.97 Å². The van der Waals surface area contributed by atoms with E-state index in [0.717, 1.165) is 34.1 Å². The average molecular weight is 461 g/mol. The molecule has 3 N–H and O–H groups in total. The number of ether oxygens (including phenoxy) is 1. The zero-order chi connectivity index (χ0) is 23.9. The molecule has 6 rings (SSSR count). The Morgan fingerprint density at radius 1 is 1.26 bits per heavy atom. The molecular formula is C26H24FN3O4. The highest BCUT2D eigenvalue weighted by atomic mass is 19.1. The number of allylic oxidation sites excluding steroid dienone is 1. The largest absolute Gasteiger partial charge is 0.458 e. The van der Waals surface area contributed by atoms with E-state index in [-0.39, 0.29) is 35.5 Å². The minimum atomic E-state index is -1.89. The third kappa shape index (κ3) is 2.55. The molecule has 3 aromatic rings. The summed E-state index contributed by atoms with van der Waals surface area (Å²) in [5.74, 6) is -1.07. The van der Waals surface area contributed by atoms with Gasteiger partial charge in [-0.2, -0.15) is 0 Å². The maximum atomic E-state index is 14.8. The lowest BCUT2D eigenvalue weighted by atomic mass is 9.81. The van der Waals surface area contributed by atoms with E-state index in [2.05, 4.69) is 0 Å². The topological polar surface area (TPSA) is 107 Å². The molecule has 4 heterocycles. The van der Waals surface area contributed by atoms with Crippen molar-refractivity contribution < 1.29 is 19.0 Å². The highest BCUT2D eigenvalue weighted by molar-refractivity contribution is 6.01. The van der Waals surface area contributed by atoms with E-state index < -0.39 is 11.6 Å². The van der Waals surface area contributed by atoms with Crippen LogP contribution >= 0.6 is 0 Å². The minimum Gasteiger partial charge on any atom is -0.458 e. The van der Waals surface area contributed by atoms with Crippen molar-refractivity contribution in [1.29, 1.82) is 0 Å². The zero-order valence-corrected chi connectivity index (χ0v) is 19.0. The first-order valence-electron chi connectivity index (χ1n) is 11.5. The van der Waals surface area contributed by atoms with Crippen LogP contribution in [0.2, 0.25) is 0 Å². The maximum absolute atomic E-state index is 14.8. The van der Waals surface area contributed by atoms with Gasteiger partial charge in [0.15, 0.2) is 5.60 Å². The van der Waals surface area contributed by atoms with Crippen LogP contribution in [0.3, 0.4) is 0 Å². The standard InChI is InChI=1S/C26H24FN3O4/c1-3-26(33)17-8-20-23-15(10-30(20)24(31)16(17)11-34-25(26)32)21-13(6-7-28)4-5-14-12(2)18(27)9-19(29-23)22(14)21/h6,8-9,33H,3-5,7,10-11,28H2,1-2H3/b13-6+/t26-/m0/s1. The molecule has 1 aliphatic carbocycles. The number of aliphatic hydroxyl groups is 1. The first kappa shape index (κ1) is 21.2. The van der Waals surface area contributed by atoms with E-state index in [9.17, 15) is 19.1 Å². The van der Waals surface area contributed by atoms with Crippen LogP contribution in [0.1, 0.15) is 53.1 Å². The van der Waals surface area contributed by atoms with Crippen molar-refractivity contribution in [2.24, 2.45) is 5.73 Å². The number of aromatic nitrogens is 2. The molecule has 8 heteroatoms. The molecule has 2 aromatic heterocycles. The molecule has 0 saturated carbocycles. The Labute approximate surface area is 194 Å².